The van der Waals surface area contributed by atoms with Gasteiger partial charge in [0.25, 0.3) is 0 Å². The van der Waals surface area contributed by atoms with E-state index in [1.54, 1.807) is 23.0 Å². The highest BCUT2D eigenvalue weighted by atomic mass is 32.1. The fourth-order valence-electron chi connectivity index (χ4n) is 1.40. The lowest BCUT2D eigenvalue weighted by atomic mass is 10.1. The van der Waals surface area contributed by atoms with Crippen LogP contribution in [0.25, 0.3) is 0 Å². The number of rotatable bonds is 7. The van der Waals surface area contributed by atoms with Crippen LogP contribution in [-0.4, -0.2) is 15.3 Å². The summed E-state index contributed by atoms with van der Waals surface area (Å²) in [6.45, 7) is 5.95. The highest BCUT2D eigenvalue weighted by Gasteiger charge is 2.05. The van der Waals surface area contributed by atoms with E-state index in [0.717, 1.165) is 6.42 Å². The third kappa shape index (κ3) is 4.11. The summed E-state index contributed by atoms with van der Waals surface area (Å²) < 4.78 is 15.3. The van der Waals surface area contributed by atoms with Crippen LogP contribution in [0.5, 0.6) is 0 Å². The molecule has 1 aromatic heterocycles. The molecule has 1 rings (SSSR count). The van der Waals surface area contributed by atoms with Gasteiger partial charge < -0.3 is 5.32 Å². The average Bonchev–Trinajstić information content (AvgIpc) is 2.74. The van der Waals surface area contributed by atoms with Crippen molar-refractivity contribution in [3.05, 3.63) is 36.3 Å². The Hall–Kier alpha value is -1.49. The Bertz CT molecular complexity index is 423. The van der Waals surface area contributed by atoms with Crippen LogP contribution < -0.4 is 5.32 Å². The normalized spacial score (nSPS) is 11.9. The molecule has 3 nitrogen and oxygen atoms in total. The maximum absolute atomic E-state index is 13.6. The van der Waals surface area contributed by atoms with Crippen molar-refractivity contribution >= 4 is 23.5 Å². The van der Waals surface area contributed by atoms with Gasteiger partial charge in [0.05, 0.1) is 12.0 Å². The van der Waals surface area contributed by atoms with Gasteiger partial charge in [-0.05, 0) is 12.8 Å². The van der Waals surface area contributed by atoms with Crippen LogP contribution in [0.3, 0.4) is 0 Å². The number of nitrogens with one attached hydrogen (secondary N) is 1. The fraction of sp³-hybridized carbons (Fsp3) is 0.333. The molecule has 0 bridgehead atoms. The number of anilines is 1. The molecule has 0 radical (unpaired) electrons. The zero-order valence-corrected chi connectivity index (χ0v) is 10.6. The zero-order chi connectivity index (χ0) is 12.7. The van der Waals surface area contributed by atoms with Crippen molar-refractivity contribution in [1.82, 2.24) is 9.78 Å². The van der Waals surface area contributed by atoms with Gasteiger partial charge in [0.15, 0.2) is 5.82 Å². The molecule has 0 aliphatic carbocycles. The third-order valence-electron chi connectivity index (χ3n) is 2.24. The SMILES string of the molecule is C=CC(Cn1ccc(NC=S)n1)=C(F)CCC. The lowest BCUT2D eigenvalue weighted by Gasteiger charge is -2.05. The molecule has 92 valence electrons. The van der Waals surface area contributed by atoms with Crippen LogP contribution in [0.2, 0.25) is 0 Å². The number of allylic oxidation sites excluding steroid dienone is 3. The van der Waals surface area contributed by atoms with Gasteiger partial charge in [0, 0.05) is 17.8 Å². The van der Waals surface area contributed by atoms with Gasteiger partial charge >= 0.3 is 0 Å². The van der Waals surface area contributed by atoms with Gasteiger partial charge in [0.1, 0.15) is 5.83 Å². The second-order valence-corrected chi connectivity index (χ2v) is 3.78. The van der Waals surface area contributed by atoms with Crippen molar-refractivity contribution in [1.29, 1.82) is 0 Å². The Kier molecular flexibility index (Phi) is 5.56. The van der Waals surface area contributed by atoms with Crippen molar-refractivity contribution in [2.45, 2.75) is 26.3 Å². The molecule has 0 fully saturated rings. The maximum atomic E-state index is 13.6. The quantitative estimate of drug-likeness (QED) is 0.596. The molecule has 1 heterocycles. The minimum absolute atomic E-state index is 0.123. The van der Waals surface area contributed by atoms with E-state index in [2.05, 4.69) is 29.2 Å². The monoisotopic (exact) mass is 253 g/mol. The number of aromatic nitrogens is 2. The van der Waals surface area contributed by atoms with E-state index < -0.39 is 0 Å². The first kappa shape index (κ1) is 13.6. The molecule has 1 N–H and O–H groups in total. The van der Waals surface area contributed by atoms with E-state index in [9.17, 15) is 4.39 Å². The van der Waals surface area contributed by atoms with Crippen molar-refractivity contribution < 1.29 is 4.39 Å². The van der Waals surface area contributed by atoms with Gasteiger partial charge in [0.2, 0.25) is 0 Å². The predicted octanol–water partition coefficient (Wildman–Crippen LogP) is 3.46. The smallest absolute Gasteiger partial charge is 0.152 e. The average molecular weight is 253 g/mol. The summed E-state index contributed by atoms with van der Waals surface area (Å²) in [5.41, 5.74) is 1.96. The van der Waals surface area contributed by atoms with Gasteiger partial charge in [-0.1, -0.05) is 31.8 Å². The first-order valence-electron chi connectivity index (χ1n) is 5.44. The lowest BCUT2D eigenvalue weighted by Crippen LogP contribution is -2.03. The second-order valence-electron chi connectivity index (χ2n) is 3.55. The zero-order valence-electron chi connectivity index (χ0n) is 9.82. The van der Waals surface area contributed by atoms with Crippen LogP contribution in [0.1, 0.15) is 19.8 Å². The van der Waals surface area contributed by atoms with Crippen molar-refractivity contribution in [3.8, 4) is 0 Å². The summed E-state index contributed by atoms with van der Waals surface area (Å²) in [6.07, 6.45) is 4.52. The molecule has 0 aliphatic rings. The van der Waals surface area contributed by atoms with Crippen molar-refractivity contribution in [2.75, 3.05) is 5.32 Å². The Morgan fingerprint density at radius 1 is 1.71 bits per heavy atom. The van der Waals surface area contributed by atoms with Crippen molar-refractivity contribution in [3.63, 3.8) is 0 Å². The van der Waals surface area contributed by atoms with E-state index in [4.69, 9.17) is 0 Å². The number of halogens is 1. The Balaban J connectivity index is 2.76. The molecule has 0 atom stereocenters. The molecule has 0 aliphatic heterocycles. The van der Waals surface area contributed by atoms with E-state index in [1.165, 1.54) is 5.49 Å². The molecule has 0 unspecified atom stereocenters. The standard InChI is InChI=1S/C12H16FN3S/c1-3-5-11(13)10(4-2)8-16-7-6-12(15-16)14-9-17/h4,6-7,9H,2-3,5,8H2,1H3,(H,14,15,17). The first-order chi connectivity index (χ1) is 8.21. The second kappa shape index (κ2) is 6.96. The largest absolute Gasteiger partial charge is 0.336 e. The van der Waals surface area contributed by atoms with E-state index >= 15 is 0 Å². The number of hydrogen-bond donors (Lipinski definition) is 1. The Morgan fingerprint density at radius 3 is 3.06 bits per heavy atom. The molecule has 0 saturated heterocycles. The molecule has 0 aromatic carbocycles. The molecule has 0 saturated carbocycles. The van der Waals surface area contributed by atoms with Gasteiger partial charge in [-0.2, -0.15) is 5.10 Å². The topological polar surface area (TPSA) is 29.9 Å². The third-order valence-corrected chi connectivity index (χ3v) is 2.36. The summed E-state index contributed by atoms with van der Waals surface area (Å²) in [7, 11) is 0. The molecular weight excluding hydrogens is 237 g/mol. The first-order valence-corrected chi connectivity index (χ1v) is 5.92. The van der Waals surface area contributed by atoms with Crippen LogP contribution in [0, 0.1) is 0 Å². The summed E-state index contributed by atoms with van der Waals surface area (Å²) in [5, 5.41) is 6.99. The van der Waals surface area contributed by atoms with E-state index in [0.29, 0.717) is 24.4 Å². The minimum Gasteiger partial charge on any atom is -0.336 e. The molecule has 0 spiro atoms. The van der Waals surface area contributed by atoms with Gasteiger partial charge in [-0.25, -0.2) is 4.39 Å². The predicted molar refractivity (Wildman–Crippen MR) is 72.7 cm³/mol. The summed E-state index contributed by atoms with van der Waals surface area (Å²) >= 11 is 4.66. The fourth-order valence-corrected chi connectivity index (χ4v) is 1.52. The molecule has 1 aromatic rings. The van der Waals surface area contributed by atoms with Crippen LogP contribution in [-0.2, 0) is 6.54 Å². The Labute approximate surface area is 106 Å². The lowest BCUT2D eigenvalue weighted by molar-refractivity contribution is 0.556. The molecule has 5 heteroatoms. The number of hydrogen-bond acceptors (Lipinski definition) is 2. The van der Waals surface area contributed by atoms with Gasteiger partial charge in [-0.15, -0.1) is 0 Å². The summed E-state index contributed by atoms with van der Waals surface area (Å²) in [5.74, 6) is 0.529. The highest BCUT2D eigenvalue weighted by Crippen LogP contribution is 2.15. The molecule has 17 heavy (non-hydrogen) atoms. The van der Waals surface area contributed by atoms with E-state index in [1.807, 2.05) is 6.92 Å². The Morgan fingerprint density at radius 2 is 2.47 bits per heavy atom. The number of thiocarbonyl (C=S) groups is 1. The minimum atomic E-state index is -0.123. The van der Waals surface area contributed by atoms with Crippen molar-refractivity contribution in [2.24, 2.45) is 0 Å². The number of nitrogens with zero attached hydrogens (tertiary/aromatic N) is 2. The van der Waals surface area contributed by atoms with Crippen LogP contribution in [0.15, 0.2) is 36.3 Å². The summed E-state index contributed by atoms with van der Waals surface area (Å²) in [6, 6.07) is 1.78. The molecular formula is C12H16FN3S. The highest BCUT2D eigenvalue weighted by molar-refractivity contribution is 7.79. The van der Waals surface area contributed by atoms with Crippen LogP contribution in [0.4, 0.5) is 10.2 Å². The maximum Gasteiger partial charge on any atom is 0.152 e. The summed E-state index contributed by atoms with van der Waals surface area (Å²) in [4.78, 5) is 0. The molecule has 0 amide bonds. The van der Waals surface area contributed by atoms with Gasteiger partial charge in [-0.3, -0.25) is 4.68 Å². The van der Waals surface area contributed by atoms with E-state index in [-0.39, 0.29) is 5.83 Å². The van der Waals surface area contributed by atoms with Crippen LogP contribution >= 0.6 is 12.2 Å².